The van der Waals surface area contributed by atoms with Crippen LogP contribution in [-0.4, -0.2) is 57.3 Å². The second kappa shape index (κ2) is 16.5. The lowest BCUT2D eigenvalue weighted by Gasteiger charge is -2.25. The van der Waals surface area contributed by atoms with E-state index in [0.29, 0.717) is 38.2 Å². The third kappa shape index (κ3) is 9.70. The fourth-order valence-corrected chi connectivity index (χ4v) is 4.96. The van der Waals surface area contributed by atoms with Crippen LogP contribution in [0.5, 0.6) is 11.5 Å². The van der Waals surface area contributed by atoms with E-state index < -0.39 is 6.10 Å². The molecule has 6 N–H and O–H groups in total. The van der Waals surface area contributed by atoms with Gasteiger partial charge in [-0.05, 0) is 73.9 Å². The van der Waals surface area contributed by atoms with Crippen molar-refractivity contribution in [2.75, 3.05) is 19.8 Å². The van der Waals surface area contributed by atoms with Gasteiger partial charge in [0.15, 0.2) is 11.5 Å². The van der Waals surface area contributed by atoms with Crippen molar-refractivity contribution in [1.29, 1.82) is 0 Å². The molecule has 0 aliphatic carbocycles. The Morgan fingerprint density at radius 1 is 1.02 bits per heavy atom. The number of aliphatic hydroxyl groups excluding tert-OH is 3. The van der Waals surface area contributed by atoms with Gasteiger partial charge in [-0.3, -0.25) is 0 Å². The third-order valence-electron chi connectivity index (χ3n) is 7.43. The standard InChI is InChI=1S/C32H48N2O6/c1-4-5-8-31-26(21-36)18-28(40-31)11-9-24-10-12-30(38)32(16-24)39-15-13-27-17-25(20-33-27)23(3)29(7-6-14-35)34-19-22(2)37/h10,12,16-18,20,22-23,29,33-38H,4-9,11,13-15,19,21H2,1-3H3/t22-,23-,29-/m0/s1. The number of aliphatic hydroxyl groups is 3. The lowest BCUT2D eigenvalue weighted by atomic mass is 9.91. The van der Waals surface area contributed by atoms with E-state index in [0.717, 1.165) is 60.4 Å². The van der Waals surface area contributed by atoms with Crippen LogP contribution in [0.4, 0.5) is 0 Å². The van der Waals surface area contributed by atoms with E-state index in [4.69, 9.17) is 9.15 Å². The zero-order valence-corrected chi connectivity index (χ0v) is 24.3. The van der Waals surface area contributed by atoms with Crippen LogP contribution in [-0.2, 0) is 32.3 Å². The molecule has 0 saturated carbocycles. The minimum absolute atomic E-state index is 0.00879. The molecular weight excluding hydrogens is 508 g/mol. The minimum Gasteiger partial charge on any atom is -0.504 e. The SMILES string of the molecule is CCCCc1oc(CCc2ccc(O)c(OCCc3cc([C@H](C)[C@H](CCCO)NC[C@H](C)O)c[nH]3)c2)cc1CO. The van der Waals surface area contributed by atoms with Gasteiger partial charge < -0.3 is 39.9 Å². The number of aromatic hydroxyl groups is 1. The van der Waals surface area contributed by atoms with Gasteiger partial charge in [0, 0.05) is 55.9 Å². The van der Waals surface area contributed by atoms with E-state index in [1.165, 1.54) is 5.56 Å². The van der Waals surface area contributed by atoms with Crippen molar-refractivity contribution in [3.63, 3.8) is 0 Å². The monoisotopic (exact) mass is 556 g/mol. The fraction of sp³-hybridized carbons (Fsp3) is 0.562. The van der Waals surface area contributed by atoms with Crippen molar-refractivity contribution in [1.82, 2.24) is 10.3 Å². The van der Waals surface area contributed by atoms with Crippen LogP contribution < -0.4 is 10.1 Å². The third-order valence-corrected chi connectivity index (χ3v) is 7.43. The summed E-state index contributed by atoms with van der Waals surface area (Å²) in [7, 11) is 0. The summed E-state index contributed by atoms with van der Waals surface area (Å²) in [6, 6.07) is 9.68. The number of nitrogens with one attached hydrogen (secondary N) is 2. The molecule has 222 valence electrons. The molecule has 1 aromatic carbocycles. The van der Waals surface area contributed by atoms with Gasteiger partial charge >= 0.3 is 0 Å². The molecule has 0 aliphatic rings. The van der Waals surface area contributed by atoms with Crippen molar-refractivity contribution < 1.29 is 29.6 Å². The topological polar surface area (TPSA) is 131 Å². The summed E-state index contributed by atoms with van der Waals surface area (Å²) in [5, 5.41) is 42.4. The van der Waals surface area contributed by atoms with Crippen LogP contribution >= 0.6 is 0 Å². The van der Waals surface area contributed by atoms with Crippen LogP contribution in [0.15, 0.2) is 40.9 Å². The Hall–Kier alpha value is -2.78. The number of benzene rings is 1. The summed E-state index contributed by atoms with van der Waals surface area (Å²) >= 11 is 0. The first-order valence-electron chi connectivity index (χ1n) is 14.7. The zero-order valence-electron chi connectivity index (χ0n) is 24.3. The van der Waals surface area contributed by atoms with Gasteiger partial charge in [0.25, 0.3) is 0 Å². The average Bonchev–Trinajstić information content (AvgIpc) is 3.58. The van der Waals surface area contributed by atoms with Gasteiger partial charge in [-0.25, -0.2) is 0 Å². The first kappa shape index (κ1) is 31.7. The first-order chi connectivity index (χ1) is 19.3. The maximum absolute atomic E-state index is 10.3. The molecule has 0 amide bonds. The van der Waals surface area contributed by atoms with Crippen LogP contribution in [0.1, 0.15) is 86.3 Å². The van der Waals surface area contributed by atoms with Crippen molar-refractivity contribution in [3.05, 3.63) is 70.4 Å². The summed E-state index contributed by atoms with van der Waals surface area (Å²) < 4.78 is 12.0. The lowest BCUT2D eigenvalue weighted by molar-refractivity contribution is 0.180. The molecule has 40 heavy (non-hydrogen) atoms. The molecule has 2 heterocycles. The molecule has 0 saturated heterocycles. The van der Waals surface area contributed by atoms with E-state index >= 15 is 0 Å². The Kier molecular flexibility index (Phi) is 13.1. The normalized spacial score (nSPS) is 13.8. The number of furan rings is 1. The molecule has 8 nitrogen and oxygen atoms in total. The van der Waals surface area contributed by atoms with Crippen LogP contribution in [0.25, 0.3) is 0 Å². The highest BCUT2D eigenvalue weighted by Crippen LogP contribution is 2.29. The smallest absolute Gasteiger partial charge is 0.161 e. The molecule has 0 radical (unpaired) electrons. The Balaban J connectivity index is 1.53. The zero-order chi connectivity index (χ0) is 28.9. The predicted octanol–water partition coefficient (Wildman–Crippen LogP) is 4.77. The highest BCUT2D eigenvalue weighted by Gasteiger charge is 2.20. The largest absolute Gasteiger partial charge is 0.504 e. The Bertz CT molecular complexity index is 1140. The number of aromatic nitrogens is 1. The number of H-pyrrole nitrogens is 1. The minimum atomic E-state index is -0.426. The van der Waals surface area contributed by atoms with Gasteiger partial charge in [0.2, 0.25) is 0 Å². The van der Waals surface area contributed by atoms with Gasteiger partial charge in [0.05, 0.1) is 19.3 Å². The predicted molar refractivity (Wildman–Crippen MR) is 157 cm³/mol. The van der Waals surface area contributed by atoms with E-state index in [1.54, 1.807) is 13.0 Å². The second-order valence-electron chi connectivity index (χ2n) is 10.8. The molecule has 2 aromatic heterocycles. The summed E-state index contributed by atoms with van der Waals surface area (Å²) in [5.41, 5.74) is 4.13. The van der Waals surface area contributed by atoms with E-state index in [-0.39, 0.29) is 30.9 Å². The number of aromatic amines is 1. The first-order valence-corrected chi connectivity index (χ1v) is 14.7. The Morgan fingerprint density at radius 2 is 1.85 bits per heavy atom. The number of hydrogen-bond donors (Lipinski definition) is 6. The number of phenols is 1. The maximum Gasteiger partial charge on any atom is 0.161 e. The van der Waals surface area contributed by atoms with E-state index in [9.17, 15) is 20.4 Å². The molecule has 3 atom stereocenters. The van der Waals surface area contributed by atoms with Gasteiger partial charge in [-0.2, -0.15) is 0 Å². The van der Waals surface area contributed by atoms with Crippen LogP contribution in [0.2, 0.25) is 0 Å². The molecule has 3 rings (SSSR count). The summed E-state index contributed by atoms with van der Waals surface area (Å²) in [6.07, 6.45) is 8.18. The number of unbranched alkanes of at least 4 members (excludes halogenated alkanes) is 1. The Labute approximate surface area is 238 Å². The maximum atomic E-state index is 10.3. The Morgan fingerprint density at radius 3 is 2.58 bits per heavy atom. The average molecular weight is 557 g/mol. The van der Waals surface area contributed by atoms with E-state index in [2.05, 4.69) is 30.2 Å². The number of hydrogen-bond acceptors (Lipinski definition) is 7. The van der Waals surface area contributed by atoms with E-state index in [1.807, 2.05) is 24.4 Å². The molecule has 8 heteroatoms. The van der Waals surface area contributed by atoms with Crippen molar-refractivity contribution in [3.8, 4) is 11.5 Å². The molecular formula is C32H48N2O6. The van der Waals surface area contributed by atoms with Crippen molar-refractivity contribution >= 4 is 0 Å². The number of ether oxygens (including phenoxy) is 1. The number of phenolic OH excluding ortho intramolecular Hbond substituents is 1. The van der Waals surface area contributed by atoms with Crippen molar-refractivity contribution in [2.45, 2.75) is 96.8 Å². The summed E-state index contributed by atoms with van der Waals surface area (Å²) in [4.78, 5) is 3.34. The molecule has 0 unspecified atom stereocenters. The van der Waals surface area contributed by atoms with Gasteiger partial charge in [-0.1, -0.05) is 26.3 Å². The van der Waals surface area contributed by atoms with Crippen LogP contribution in [0, 0.1) is 0 Å². The lowest BCUT2D eigenvalue weighted by Crippen LogP contribution is -2.38. The number of rotatable bonds is 19. The van der Waals surface area contributed by atoms with Gasteiger partial charge in [0.1, 0.15) is 11.5 Å². The highest BCUT2D eigenvalue weighted by molar-refractivity contribution is 5.42. The molecule has 3 aromatic rings. The molecule has 0 fully saturated rings. The van der Waals surface area contributed by atoms with Gasteiger partial charge in [-0.15, -0.1) is 0 Å². The highest BCUT2D eigenvalue weighted by atomic mass is 16.5. The molecule has 0 bridgehead atoms. The fourth-order valence-electron chi connectivity index (χ4n) is 4.96. The molecule has 0 aliphatic heterocycles. The second-order valence-corrected chi connectivity index (χ2v) is 10.8. The number of aryl methyl sites for hydroxylation is 3. The molecule has 0 spiro atoms. The van der Waals surface area contributed by atoms with Crippen LogP contribution in [0.3, 0.4) is 0 Å². The quantitative estimate of drug-likeness (QED) is 0.125. The summed E-state index contributed by atoms with van der Waals surface area (Å²) in [6.45, 7) is 7.13. The van der Waals surface area contributed by atoms with Crippen molar-refractivity contribution in [2.24, 2.45) is 0 Å². The summed E-state index contributed by atoms with van der Waals surface area (Å²) in [5.74, 6) is 2.53.